The molecule has 0 saturated heterocycles. The van der Waals surface area contributed by atoms with Gasteiger partial charge in [-0.25, -0.2) is 4.98 Å². The zero-order chi connectivity index (χ0) is 10.3. The molecule has 0 spiro atoms. The van der Waals surface area contributed by atoms with Gasteiger partial charge in [0.1, 0.15) is 0 Å². The Morgan fingerprint density at radius 3 is 2.64 bits per heavy atom. The van der Waals surface area contributed by atoms with Crippen LogP contribution in [0.3, 0.4) is 0 Å². The number of nitrogens with zero attached hydrogens (tertiary/aromatic N) is 1. The number of thiazole rings is 1. The van der Waals surface area contributed by atoms with E-state index < -0.39 is 11.7 Å². The van der Waals surface area contributed by atoms with E-state index in [1.54, 1.807) is 6.92 Å². The van der Waals surface area contributed by atoms with Crippen molar-refractivity contribution in [1.29, 1.82) is 0 Å². The number of rotatable bonds is 0. The van der Waals surface area contributed by atoms with E-state index in [0.29, 0.717) is 5.52 Å². The van der Waals surface area contributed by atoms with Gasteiger partial charge in [0.15, 0.2) is 0 Å². The van der Waals surface area contributed by atoms with Crippen LogP contribution in [0.25, 0.3) is 10.2 Å². The van der Waals surface area contributed by atoms with E-state index in [1.165, 1.54) is 17.4 Å². The normalized spacial score (nSPS) is 12.3. The van der Waals surface area contributed by atoms with Crippen LogP contribution in [0.1, 0.15) is 10.6 Å². The third-order valence-corrected chi connectivity index (χ3v) is 2.77. The van der Waals surface area contributed by atoms with Crippen molar-refractivity contribution >= 4 is 21.6 Å². The van der Waals surface area contributed by atoms with E-state index in [0.717, 1.165) is 21.8 Å². The van der Waals surface area contributed by atoms with Crippen LogP contribution in [0.2, 0.25) is 0 Å². The summed E-state index contributed by atoms with van der Waals surface area (Å²) in [7, 11) is 0. The van der Waals surface area contributed by atoms with E-state index in [-0.39, 0.29) is 0 Å². The predicted octanol–water partition coefficient (Wildman–Crippen LogP) is 3.62. The Morgan fingerprint density at radius 1 is 1.29 bits per heavy atom. The SMILES string of the molecule is Cc1nc2cc(C(F)(F)F)ccc2s1. The van der Waals surface area contributed by atoms with Crippen LogP contribution in [0, 0.1) is 6.92 Å². The van der Waals surface area contributed by atoms with Crippen LogP contribution in [0.15, 0.2) is 18.2 Å². The zero-order valence-electron chi connectivity index (χ0n) is 7.22. The largest absolute Gasteiger partial charge is 0.416 e. The van der Waals surface area contributed by atoms with Gasteiger partial charge in [0.2, 0.25) is 0 Å². The lowest BCUT2D eigenvalue weighted by Gasteiger charge is -2.04. The first-order chi connectivity index (χ1) is 6.47. The standard InChI is InChI=1S/C9H6F3NS/c1-5-13-7-4-6(9(10,11)12)2-3-8(7)14-5/h2-4H,1H3. The molecule has 1 aromatic heterocycles. The Morgan fingerprint density at radius 2 is 2.00 bits per heavy atom. The lowest BCUT2D eigenvalue weighted by atomic mass is 10.2. The van der Waals surface area contributed by atoms with Gasteiger partial charge in [-0.15, -0.1) is 11.3 Å². The highest BCUT2D eigenvalue weighted by atomic mass is 32.1. The Bertz CT molecular complexity index is 472. The van der Waals surface area contributed by atoms with Crippen molar-refractivity contribution in [1.82, 2.24) is 4.98 Å². The third kappa shape index (κ3) is 1.59. The van der Waals surface area contributed by atoms with Gasteiger partial charge < -0.3 is 0 Å². The van der Waals surface area contributed by atoms with E-state index in [4.69, 9.17) is 0 Å². The molecule has 74 valence electrons. The Hall–Kier alpha value is -1.10. The van der Waals surface area contributed by atoms with Gasteiger partial charge in [0.05, 0.1) is 20.8 Å². The molecule has 1 nitrogen and oxygen atoms in total. The topological polar surface area (TPSA) is 12.9 Å². The molecule has 0 radical (unpaired) electrons. The smallest absolute Gasteiger partial charge is 0.241 e. The van der Waals surface area contributed by atoms with Gasteiger partial charge in [-0.3, -0.25) is 0 Å². The maximum absolute atomic E-state index is 12.3. The summed E-state index contributed by atoms with van der Waals surface area (Å²) >= 11 is 1.39. The average molecular weight is 217 g/mol. The summed E-state index contributed by atoms with van der Waals surface area (Å²) in [4.78, 5) is 4.01. The molecule has 0 atom stereocenters. The number of aromatic nitrogens is 1. The zero-order valence-corrected chi connectivity index (χ0v) is 8.04. The molecular formula is C9H6F3NS. The maximum atomic E-state index is 12.3. The minimum absolute atomic E-state index is 0.419. The number of fused-ring (bicyclic) bond motifs is 1. The number of hydrogen-bond donors (Lipinski definition) is 0. The molecule has 2 rings (SSSR count). The van der Waals surface area contributed by atoms with Gasteiger partial charge in [-0.05, 0) is 25.1 Å². The van der Waals surface area contributed by atoms with Crippen molar-refractivity contribution in [3.05, 3.63) is 28.8 Å². The summed E-state index contributed by atoms with van der Waals surface area (Å²) in [5.74, 6) is 0. The summed E-state index contributed by atoms with van der Waals surface area (Å²) in [6.45, 7) is 1.78. The maximum Gasteiger partial charge on any atom is 0.416 e. The summed E-state index contributed by atoms with van der Waals surface area (Å²) in [6.07, 6.45) is -4.29. The highest BCUT2D eigenvalue weighted by Gasteiger charge is 2.30. The second-order valence-corrected chi connectivity index (χ2v) is 4.15. The molecule has 0 unspecified atom stereocenters. The van der Waals surface area contributed by atoms with E-state index in [2.05, 4.69) is 4.98 Å². The minimum Gasteiger partial charge on any atom is -0.241 e. The Kier molecular flexibility index (Phi) is 1.99. The molecule has 5 heteroatoms. The Labute approximate surface area is 82.2 Å². The summed E-state index contributed by atoms with van der Waals surface area (Å²) < 4.78 is 37.7. The van der Waals surface area contributed by atoms with Crippen molar-refractivity contribution in [3.8, 4) is 0 Å². The minimum atomic E-state index is -4.29. The van der Waals surface area contributed by atoms with Gasteiger partial charge in [-0.1, -0.05) is 0 Å². The van der Waals surface area contributed by atoms with Gasteiger partial charge in [-0.2, -0.15) is 13.2 Å². The number of alkyl halides is 3. The fourth-order valence-electron chi connectivity index (χ4n) is 1.22. The van der Waals surface area contributed by atoms with Crippen molar-refractivity contribution in [2.45, 2.75) is 13.1 Å². The fourth-order valence-corrected chi connectivity index (χ4v) is 2.03. The molecule has 0 amide bonds. The second-order valence-electron chi connectivity index (χ2n) is 2.91. The third-order valence-electron chi connectivity index (χ3n) is 1.82. The van der Waals surface area contributed by atoms with Crippen LogP contribution in [0.5, 0.6) is 0 Å². The van der Waals surface area contributed by atoms with Crippen molar-refractivity contribution < 1.29 is 13.2 Å². The molecule has 0 bridgehead atoms. The number of aryl methyl sites for hydroxylation is 1. The predicted molar refractivity (Wildman–Crippen MR) is 49.4 cm³/mol. The van der Waals surface area contributed by atoms with E-state index in [9.17, 15) is 13.2 Å². The van der Waals surface area contributed by atoms with Crippen LogP contribution < -0.4 is 0 Å². The van der Waals surface area contributed by atoms with Gasteiger partial charge in [0.25, 0.3) is 0 Å². The first kappa shape index (κ1) is 9.45. The highest BCUT2D eigenvalue weighted by Crippen LogP contribution is 2.32. The van der Waals surface area contributed by atoms with Crippen LogP contribution >= 0.6 is 11.3 Å². The average Bonchev–Trinajstić information content (AvgIpc) is 2.41. The van der Waals surface area contributed by atoms with Crippen molar-refractivity contribution in [3.63, 3.8) is 0 Å². The first-order valence-electron chi connectivity index (χ1n) is 3.91. The molecule has 0 fully saturated rings. The summed E-state index contributed by atoms with van der Waals surface area (Å²) in [5, 5.41) is 0.777. The molecule has 0 aliphatic carbocycles. The molecule has 2 aromatic rings. The van der Waals surface area contributed by atoms with E-state index >= 15 is 0 Å². The van der Waals surface area contributed by atoms with Crippen LogP contribution in [-0.2, 0) is 6.18 Å². The monoisotopic (exact) mass is 217 g/mol. The first-order valence-corrected chi connectivity index (χ1v) is 4.73. The quantitative estimate of drug-likeness (QED) is 0.656. The van der Waals surface area contributed by atoms with Gasteiger partial charge in [0, 0.05) is 0 Å². The summed E-state index contributed by atoms with van der Waals surface area (Å²) in [5.41, 5.74) is -0.224. The molecule has 14 heavy (non-hydrogen) atoms. The van der Waals surface area contributed by atoms with E-state index in [1.807, 2.05) is 0 Å². The number of hydrogen-bond acceptors (Lipinski definition) is 2. The summed E-state index contributed by atoms with van der Waals surface area (Å²) in [6, 6.07) is 3.63. The molecule has 1 aromatic carbocycles. The second kappa shape index (κ2) is 2.95. The lowest BCUT2D eigenvalue weighted by Crippen LogP contribution is -2.03. The fraction of sp³-hybridized carbons (Fsp3) is 0.222. The molecule has 1 heterocycles. The molecule has 0 aliphatic rings. The number of benzene rings is 1. The molecule has 0 saturated carbocycles. The molecular weight excluding hydrogens is 211 g/mol. The molecule has 0 N–H and O–H groups in total. The van der Waals surface area contributed by atoms with Crippen molar-refractivity contribution in [2.75, 3.05) is 0 Å². The van der Waals surface area contributed by atoms with Crippen LogP contribution in [0.4, 0.5) is 13.2 Å². The van der Waals surface area contributed by atoms with Crippen molar-refractivity contribution in [2.24, 2.45) is 0 Å². The van der Waals surface area contributed by atoms with Crippen LogP contribution in [-0.4, -0.2) is 4.98 Å². The molecule has 0 aliphatic heterocycles. The number of halogens is 3. The highest BCUT2D eigenvalue weighted by molar-refractivity contribution is 7.18. The van der Waals surface area contributed by atoms with Gasteiger partial charge >= 0.3 is 6.18 Å². The Balaban J connectivity index is 2.62. The lowest BCUT2D eigenvalue weighted by molar-refractivity contribution is -0.137.